The number of fused-ring (bicyclic) bond motifs is 1. The summed E-state index contributed by atoms with van der Waals surface area (Å²) >= 11 is 0. The van der Waals surface area contributed by atoms with Gasteiger partial charge >= 0.3 is 5.97 Å². The highest BCUT2D eigenvalue weighted by Crippen LogP contribution is 2.49. The van der Waals surface area contributed by atoms with Gasteiger partial charge in [0.25, 0.3) is 0 Å². The zero-order valence-corrected chi connectivity index (χ0v) is 17.9. The van der Waals surface area contributed by atoms with Gasteiger partial charge in [-0.2, -0.15) is 0 Å². The molecule has 30 heavy (non-hydrogen) atoms. The first-order valence-corrected chi connectivity index (χ1v) is 9.78. The maximum atomic E-state index is 11.4. The summed E-state index contributed by atoms with van der Waals surface area (Å²) in [5.41, 5.74) is 2.83. The van der Waals surface area contributed by atoms with E-state index in [0.717, 1.165) is 16.7 Å². The second-order valence-corrected chi connectivity index (χ2v) is 7.60. The maximum Gasteiger partial charge on any atom is 0.302 e. The molecule has 0 saturated carbocycles. The van der Waals surface area contributed by atoms with Crippen LogP contribution < -0.4 is 14.2 Å². The highest BCUT2D eigenvalue weighted by molar-refractivity contribution is 5.66. The fourth-order valence-electron chi connectivity index (χ4n) is 4.29. The lowest BCUT2D eigenvalue weighted by molar-refractivity contribution is -0.143. The van der Waals surface area contributed by atoms with Crippen molar-refractivity contribution in [1.29, 1.82) is 0 Å². The third-order valence-electron chi connectivity index (χ3n) is 5.89. The van der Waals surface area contributed by atoms with E-state index in [1.54, 1.807) is 18.2 Å². The van der Waals surface area contributed by atoms with Crippen LogP contribution in [0, 0.1) is 11.8 Å². The summed E-state index contributed by atoms with van der Waals surface area (Å²) in [7, 11) is 4.48. The average molecular weight is 416 g/mol. The third-order valence-corrected chi connectivity index (χ3v) is 5.89. The van der Waals surface area contributed by atoms with E-state index in [4.69, 9.17) is 18.9 Å². The van der Waals surface area contributed by atoms with Gasteiger partial charge in [-0.15, -0.1) is 0 Å². The van der Waals surface area contributed by atoms with E-state index in [9.17, 15) is 15.0 Å². The molecule has 0 aromatic heterocycles. The second kappa shape index (κ2) is 8.73. The Morgan fingerprint density at radius 2 is 1.60 bits per heavy atom. The lowest BCUT2D eigenvalue weighted by atomic mass is 9.67. The molecule has 0 fully saturated rings. The van der Waals surface area contributed by atoms with Crippen LogP contribution in [0.1, 0.15) is 36.5 Å². The molecule has 3 atom stereocenters. The van der Waals surface area contributed by atoms with E-state index in [2.05, 4.69) is 6.92 Å². The summed E-state index contributed by atoms with van der Waals surface area (Å²) in [4.78, 5) is 11.4. The highest BCUT2D eigenvalue weighted by atomic mass is 16.5. The molecule has 2 N–H and O–H groups in total. The van der Waals surface area contributed by atoms with Gasteiger partial charge in [-0.05, 0) is 53.3 Å². The van der Waals surface area contributed by atoms with Crippen LogP contribution in [0.5, 0.6) is 28.7 Å². The van der Waals surface area contributed by atoms with Gasteiger partial charge in [-0.1, -0.05) is 6.92 Å². The standard InChI is InChI=1S/C23H28O7/c1-12-16(11-30-13(2)24)6-14-7-19(27-3)18(25)10-17(14)22(12)15-8-20(28-4)23(26)21(9-15)29-5/h7-10,12,16,22,25-26H,6,11H2,1-5H3/t12-,16+,22-/m0/s1. The lowest BCUT2D eigenvalue weighted by Gasteiger charge is -2.38. The molecule has 162 valence electrons. The van der Waals surface area contributed by atoms with E-state index >= 15 is 0 Å². The van der Waals surface area contributed by atoms with Crippen LogP contribution in [-0.4, -0.2) is 44.1 Å². The van der Waals surface area contributed by atoms with Gasteiger partial charge in [0.05, 0.1) is 27.9 Å². The number of benzene rings is 2. The van der Waals surface area contributed by atoms with Crippen molar-refractivity contribution in [3.8, 4) is 28.7 Å². The van der Waals surface area contributed by atoms with Gasteiger partial charge < -0.3 is 29.2 Å². The molecular formula is C23H28O7. The number of phenols is 2. The zero-order valence-electron chi connectivity index (χ0n) is 17.9. The van der Waals surface area contributed by atoms with Crippen LogP contribution in [0.25, 0.3) is 0 Å². The van der Waals surface area contributed by atoms with Crippen molar-refractivity contribution in [1.82, 2.24) is 0 Å². The van der Waals surface area contributed by atoms with Crippen LogP contribution in [0.15, 0.2) is 24.3 Å². The highest BCUT2D eigenvalue weighted by Gasteiger charge is 2.37. The third kappa shape index (κ3) is 3.97. The molecule has 2 aromatic carbocycles. The van der Waals surface area contributed by atoms with Crippen molar-refractivity contribution in [2.45, 2.75) is 26.2 Å². The fraction of sp³-hybridized carbons (Fsp3) is 0.435. The summed E-state index contributed by atoms with van der Waals surface area (Å²) in [6.07, 6.45) is 0.684. The minimum Gasteiger partial charge on any atom is -0.504 e. The topological polar surface area (TPSA) is 94.5 Å². The van der Waals surface area contributed by atoms with Gasteiger partial charge in [0.2, 0.25) is 5.75 Å². The number of esters is 1. The fourth-order valence-corrected chi connectivity index (χ4v) is 4.29. The van der Waals surface area contributed by atoms with Crippen LogP contribution in [0.2, 0.25) is 0 Å². The molecule has 0 heterocycles. The van der Waals surface area contributed by atoms with E-state index in [-0.39, 0.29) is 35.2 Å². The number of hydrogen-bond acceptors (Lipinski definition) is 7. The van der Waals surface area contributed by atoms with Crippen molar-refractivity contribution in [3.63, 3.8) is 0 Å². The van der Waals surface area contributed by atoms with Crippen molar-refractivity contribution in [2.24, 2.45) is 11.8 Å². The normalized spacial score (nSPS) is 20.2. The van der Waals surface area contributed by atoms with Crippen LogP contribution in [-0.2, 0) is 16.0 Å². The molecule has 0 saturated heterocycles. The Bertz CT molecular complexity index is 912. The van der Waals surface area contributed by atoms with Crippen molar-refractivity contribution >= 4 is 5.97 Å². The van der Waals surface area contributed by atoms with Crippen LogP contribution in [0.4, 0.5) is 0 Å². The maximum absolute atomic E-state index is 11.4. The van der Waals surface area contributed by atoms with Gasteiger partial charge in [-0.3, -0.25) is 4.79 Å². The first kappa shape index (κ1) is 21.6. The summed E-state index contributed by atoms with van der Waals surface area (Å²) < 4.78 is 21.3. The quantitative estimate of drug-likeness (QED) is 0.695. The monoisotopic (exact) mass is 416 g/mol. The second-order valence-electron chi connectivity index (χ2n) is 7.60. The summed E-state index contributed by atoms with van der Waals surface area (Å²) in [6, 6.07) is 7.11. The van der Waals surface area contributed by atoms with Crippen molar-refractivity contribution < 1.29 is 34.0 Å². The Morgan fingerprint density at radius 1 is 1.00 bits per heavy atom. The lowest BCUT2D eigenvalue weighted by Crippen LogP contribution is -2.32. The van der Waals surface area contributed by atoms with Crippen LogP contribution in [0.3, 0.4) is 0 Å². The molecule has 1 aliphatic rings. The van der Waals surface area contributed by atoms with Crippen LogP contribution >= 0.6 is 0 Å². The predicted octanol–water partition coefficient (Wildman–Crippen LogP) is 3.63. The minimum atomic E-state index is -0.319. The number of carbonyl (C=O) groups excluding carboxylic acids is 1. The van der Waals surface area contributed by atoms with Gasteiger partial charge in [0.1, 0.15) is 0 Å². The predicted molar refractivity (Wildman–Crippen MR) is 111 cm³/mol. The van der Waals surface area contributed by atoms with Crippen molar-refractivity contribution in [2.75, 3.05) is 27.9 Å². The molecular weight excluding hydrogens is 388 g/mol. The number of rotatable bonds is 6. The molecule has 0 radical (unpaired) electrons. The Balaban J connectivity index is 2.16. The summed E-state index contributed by atoms with van der Waals surface area (Å²) in [5.74, 6) is 0.668. The van der Waals surface area contributed by atoms with E-state index < -0.39 is 0 Å². The molecule has 3 rings (SSSR count). The Hall–Kier alpha value is -3.09. The zero-order chi connectivity index (χ0) is 22.0. The molecule has 0 aliphatic heterocycles. The molecule has 7 nitrogen and oxygen atoms in total. The number of hydrogen-bond donors (Lipinski definition) is 2. The first-order valence-electron chi connectivity index (χ1n) is 9.78. The van der Waals surface area contributed by atoms with Gasteiger partial charge in [0, 0.05) is 18.8 Å². The molecule has 1 aliphatic carbocycles. The summed E-state index contributed by atoms with van der Waals surface area (Å²) in [5, 5.41) is 20.7. The van der Waals surface area contributed by atoms with E-state index in [1.807, 2.05) is 6.07 Å². The molecule has 7 heteroatoms. The summed E-state index contributed by atoms with van der Waals surface area (Å²) in [6.45, 7) is 3.78. The van der Waals surface area contributed by atoms with Gasteiger partial charge in [0.15, 0.2) is 23.0 Å². The Labute approximate surface area is 176 Å². The average Bonchev–Trinajstić information content (AvgIpc) is 2.72. The smallest absolute Gasteiger partial charge is 0.302 e. The van der Waals surface area contributed by atoms with E-state index in [0.29, 0.717) is 30.3 Å². The molecule has 2 aromatic rings. The van der Waals surface area contributed by atoms with Crippen molar-refractivity contribution in [3.05, 3.63) is 41.0 Å². The number of carbonyl (C=O) groups is 1. The number of methoxy groups -OCH3 is 3. The molecule has 0 unspecified atom stereocenters. The number of phenolic OH excluding ortho intramolecular Hbond substituents is 2. The molecule has 0 amide bonds. The Morgan fingerprint density at radius 3 is 2.13 bits per heavy atom. The first-order chi connectivity index (χ1) is 14.3. The molecule has 0 bridgehead atoms. The number of aromatic hydroxyl groups is 2. The molecule has 0 spiro atoms. The largest absolute Gasteiger partial charge is 0.504 e. The van der Waals surface area contributed by atoms with Gasteiger partial charge in [-0.25, -0.2) is 0 Å². The SMILES string of the molecule is COc1cc2c(cc1O)[C@H](c1cc(OC)c(O)c(OC)c1)[C@@H](C)[C@@H](COC(C)=O)C2. The van der Waals surface area contributed by atoms with E-state index in [1.165, 1.54) is 28.3 Å². The minimum absolute atomic E-state index is 0.0598. The Kier molecular flexibility index (Phi) is 6.29. The number of ether oxygens (including phenoxy) is 4.